The molecular weight excluding hydrogens is 990 g/mol. The SMILES string of the molecule is C#Cc1ccc(C2C(C(=O)OCC)=C(C)N(c3cccc(C(F)(P)P)c3)C(=O)N2C(=O)CCCCCCCCC(=O)N2C(=O)N(c3cccc(C(C)(F)F)c3)C(C)=C(C(=O)OCC)C2c2ccc(C#N)cc2)cc1. The van der Waals surface area contributed by atoms with E-state index in [1.165, 1.54) is 48.2 Å². The number of hydrogen-bond acceptors (Lipinski definition) is 9. The molecule has 74 heavy (non-hydrogen) atoms. The lowest BCUT2D eigenvalue weighted by Crippen LogP contribution is -2.53. The predicted octanol–water partition coefficient (Wildman–Crippen LogP) is 12.0. The van der Waals surface area contributed by atoms with Gasteiger partial charge in [0.25, 0.3) is 5.92 Å². The molecule has 4 atom stereocenters. The minimum Gasteiger partial charge on any atom is -0.463 e. The molecule has 6 rings (SSSR count). The Morgan fingerprint density at radius 1 is 0.635 bits per heavy atom. The fraction of sp³-hybridized carbons (Fsp3) is 0.339. The van der Waals surface area contributed by atoms with Crippen LogP contribution in [0.1, 0.15) is 131 Å². The highest BCUT2D eigenvalue weighted by Crippen LogP contribution is 2.45. The van der Waals surface area contributed by atoms with E-state index in [2.05, 4.69) is 24.4 Å². The molecule has 2 heterocycles. The van der Waals surface area contributed by atoms with Crippen LogP contribution in [0.4, 0.5) is 34.1 Å². The zero-order valence-corrected chi connectivity index (χ0v) is 44.1. The number of amides is 6. The number of urea groups is 2. The monoisotopic (exact) mass is 1050 g/mol. The van der Waals surface area contributed by atoms with Crippen molar-refractivity contribution in [3.63, 3.8) is 0 Å². The highest BCUT2D eigenvalue weighted by molar-refractivity contribution is 7.38. The largest absolute Gasteiger partial charge is 0.463 e. The molecule has 0 bridgehead atoms. The number of allylic oxidation sites excluding steroid dienone is 2. The van der Waals surface area contributed by atoms with Crippen LogP contribution < -0.4 is 9.80 Å². The number of alkyl halides is 3. The van der Waals surface area contributed by atoms with Gasteiger partial charge in [-0.15, -0.1) is 6.42 Å². The number of hydrogen-bond donors (Lipinski definition) is 0. The van der Waals surface area contributed by atoms with Crippen LogP contribution in [0.2, 0.25) is 0 Å². The number of unbranched alkanes of at least 4 members (excludes halogenated alkanes) is 5. The summed E-state index contributed by atoms with van der Waals surface area (Å²) < 4.78 is 55.3. The van der Waals surface area contributed by atoms with Crippen molar-refractivity contribution in [2.75, 3.05) is 23.0 Å². The van der Waals surface area contributed by atoms with E-state index in [1.807, 2.05) is 6.07 Å². The number of imide groups is 2. The van der Waals surface area contributed by atoms with Crippen molar-refractivity contribution < 1.29 is 51.4 Å². The first kappa shape index (κ1) is 56.2. The fourth-order valence-corrected chi connectivity index (χ4v) is 9.46. The van der Waals surface area contributed by atoms with Crippen molar-refractivity contribution in [3.8, 4) is 18.4 Å². The van der Waals surface area contributed by atoms with Gasteiger partial charge in [-0.3, -0.25) is 29.2 Å². The Balaban J connectivity index is 1.19. The normalized spacial score (nSPS) is 16.3. The van der Waals surface area contributed by atoms with E-state index < -0.39 is 59.0 Å². The maximum absolute atomic E-state index is 15.2. The number of nitrogens with zero attached hydrogens (tertiary/aromatic N) is 5. The number of halogens is 3. The van der Waals surface area contributed by atoms with Gasteiger partial charge in [-0.25, -0.2) is 32.3 Å². The minimum absolute atomic E-state index is 0.00968. The van der Waals surface area contributed by atoms with E-state index in [9.17, 15) is 42.8 Å². The third kappa shape index (κ3) is 12.4. The third-order valence-corrected chi connectivity index (χ3v) is 13.4. The van der Waals surface area contributed by atoms with Crippen LogP contribution in [-0.2, 0) is 39.7 Å². The molecule has 2 aliphatic rings. The van der Waals surface area contributed by atoms with Crippen molar-refractivity contribution in [3.05, 3.63) is 153 Å². The summed E-state index contributed by atoms with van der Waals surface area (Å²) >= 11 is 0. The second-order valence-corrected chi connectivity index (χ2v) is 20.2. The predicted molar refractivity (Wildman–Crippen MR) is 281 cm³/mol. The van der Waals surface area contributed by atoms with E-state index in [0.29, 0.717) is 60.8 Å². The fourth-order valence-electron chi connectivity index (χ4n) is 9.10. The number of esters is 2. The molecule has 2 aliphatic heterocycles. The van der Waals surface area contributed by atoms with Crippen molar-refractivity contribution in [2.45, 2.75) is 109 Å². The van der Waals surface area contributed by atoms with Crippen LogP contribution in [-0.4, -0.2) is 58.8 Å². The molecule has 0 saturated heterocycles. The summed E-state index contributed by atoms with van der Waals surface area (Å²) in [5, 5.41) is 7.56. The van der Waals surface area contributed by atoms with Gasteiger partial charge in [0.15, 0.2) is 5.15 Å². The number of carbonyl (C=O) groups is 6. The molecule has 0 saturated carbocycles. The van der Waals surface area contributed by atoms with Crippen LogP contribution in [0.5, 0.6) is 0 Å². The van der Waals surface area contributed by atoms with Gasteiger partial charge in [-0.1, -0.05) is 98.6 Å². The van der Waals surface area contributed by atoms with Gasteiger partial charge in [0.05, 0.1) is 47.4 Å². The number of ether oxygens (including phenoxy) is 2. The Labute approximate surface area is 434 Å². The molecule has 0 aromatic heterocycles. The highest BCUT2D eigenvalue weighted by atomic mass is 31.1. The van der Waals surface area contributed by atoms with Crippen molar-refractivity contribution >= 4 is 65.7 Å². The summed E-state index contributed by atoms with van der Waals surface area (Å²) in [5.74, 6) is -3.50. The summed E-state index contributed by atoms with van der Waals surface area (Å²) in [7, 11) is 4.16. The molecule has 4 unspecified atom stereocenters. The molecule has 0 aliphatic carbocycles. The van der Waals surface area contributed by atoms with Gasteiger partial charge >= 0.3 is 24.0 Å². The first-order valence-electron chi connectivity index (χ1n) is 24.2. The average molecular weight is 1050 g/mol. The first-order valence-corrected chi connectivity index (χ1v) is 25.3. The van der Waals surface area contributed by atoms with Crippen LogP contribution >= 0.6 is 18.5 Å². The molecule has 0 radical (unpaired) electrons. The minimum atomic E-state index is -3.27. The van der Waals surface area contributed by atoms with Crippen LogP contribution in [0.25, 0.3) is 0 Å². The van der Waals surface area contributed by atoms with Gasteiger partial charge in [0, 0.05) is 42.3 Å². The van der Waals surface area contributed by atoms with Crippen molar-refractivity contribution in [1.82, 2.24) is 9.80 Å². The molecule has 0 spiro atoms. The second kappa shape index (κ2) is 24.3. The zero-order valence-electron chi connectivity index (χ0n) is 41.8. The number of benzene rings is 4. The quantitative estimate of drug-likeness (QED) is 0.0386. The second-order valence-electron chi connectivity index (χ2n) is 17.9. The van der Waals surface area contributed by atoms with Gasteiger partial charge in [-0.05, 0) is 106 Å². The van der Waals surface area contributed by atoms with Gasteiger partial charge < -0.3 is 9.47 Å². The number of carbonyl (C=O) groups excluding carboxylic acids is 6. The summed E-state index contributed by atoms with van der Waals surface area (Å²) in [5.41, 5.74) is 1.94. The maximum Gasteiger partial charge on any atom is 0.338 e. The summed E-state index contributed by atoms with van der Waals surface area (Å²) in [6.45, 7) is 6.99. The first-order chi connectivity index (χ1) is 35.2. The Bertz CT molecular complexity index is 2760. The van der Waals surface area contributed by atoms with Crippen molar-refractivity contribution in [2.24, 2.45) is 0 Å². The van der Waals surface area contributed by atoms with Gasteiger partial charge in [0.2, 0.25) is 11.8 Å². The van der Waals surface area contributed by atoms with Crippen LogP contribution in [0.3, 0.4) is 0 Å². The van der Waals surface area contributed by atoms with E-state index in [-0.39, 0.29) is 71.1 Å². The Hall–Kier alpha value is -7.12. The maximum atomic E-state index is 15.2. The lowest BCUT2D eigenvalue weighted by atomic mass is 9.91. The molecule has 0 fully saturated rings. The summed E-state index contributed by atoms with van der Waals surface area (Å²) in [4.78, 5) is 90.1. The molecule has 4 aromatic rings. The Morgan fingerprint density at radius 3 is 1.41 bits per heavy atom. The third-order valence-electron chi connectivity index (χ3n) is 12.8. The molecule has 6 amide bonds. The molecule has 0 N–H and O–H groups in total. The zero-order chi connectivity index (χ0) is 54.1. The Kier molecular flexibility index (Phi) is 18.4. The van der Waals surface area contributed by atoms with E-state index in [4.69, 9.17) is 15.9 Å². The molecule has 386 valence electrons. The average Bonchev–Trinajstić information content (AvgIpc) is 3.36. The van der Waals surface area contributed by atoms with Crippen LogP contribution in [0, 0.1) is 23.7 Å². The molecular formula is C56H58F3N5O8P2. The van der Waals surface area contributed by atoms with E-state index >= 15 is 4.39 Å². The molecule has 13 nitrogen and oxygen atoms in total. The number of nitriles is 1. The highest BCUT2D eigenvalue weighted by Gasteiger charge is 2.48. The smallest absolute Gasteiger partial charge is 0.338 e. The van der Waals surface area contributed by atoms with E-state index in [0.717, 1.165) is 27.7 Å². The van der Waals surface area contributed by atoms with E-state index in [1.54, 1.807) is 75.4 Å². The molecule has 18 heteroatoms. The number of anilines is 2. The molecule has 4 aromatic carbocycles. The topological polar surface area (TPSA) is 158 Å². The Morgan fingerprint density at radius 2 is 1.03 bits per heavy atom. The van der Waals surface area contributed by atoms with Gasteiger partial charge in [0.1, 0.15) is 12.1 Å². The summed E-state index contributed by atoms with van der Waals surface area (Å²) in [6.07, 6.45) is 8.36. The number of terminal acetylenes is 1. The van der Waals surface area contributed by atoms with Crippen molar-refractivity contribution in [1.29, 1.82) is 5.26 Å². The lowest BCUT2D eigenvalue weighted by molar-refractivity contribution is -0.141. The standard InChI is InChI=1S/C56H58F3N5O8P2/c1-7-37-24-28-39(29-25-37)49-48(52(68)72-9-3)36(5)62(44-21-17-19-42(33-44)56(59,73)74)54(70)63(49)45(65)22-14-12-10-11-13-15-23-46(66)64-50(40-30-26-38(34-60)27-31-40)47(51(67)71-8-2)35(4)61(53(64)69)43-20-16-18-41(32-43)55(6,57)58/h1,16-21,24-33,49-50H,8-15,22-23,73-74H2,2-6H3. The summed E-state index contributed by atoms with van der Waals surface area (Å²) in [6, 6.07) is 21.9. The number of rotatable bonds is 19. The lowest BCUT2D eigenvalue weighted by Gasteiger charge is -2.42. The van der Waals surface area contributed by atoms with Gasteiger partial charge in [-0.2, -0.15) is 5.26 Å². The van der Waals surface area contributed by atoms with Crippen LogP contribution in [0.15, 0.2) is 120 Å².